The molecular formula is C28H35BrClN5OS. The Morgan fingerprint density at radius 2 is 1.78 bits per heavy atom. The van der Waals surface area contributed by atoms with Gasteiger partial charge in [0.15, 0.2) is 0 Å². The third-order valence-electron chi connectivity index (χ3n) is 7.66. The summed E-state index contributed by atoms with van der Waals surface area (Å²) in [7, 11) is 2.22. The molecule has 0 radical (unpaired) electrons. The molecule has 9 heteroatoms. The summed E-state index contributed by atoms with van der Waals surface area (Å²) in [5.74, 6) is 0.961. The summed E-state index contributed by atoms with van der Waals surface area (Å²) in [5, 5.41) is 1.31. The maximum absolute atomic E-state index is 13.4. The van der Waals surface area contributed by atoms with Crippen LogP contribution in [0.3, 0.4) is 0 Å². The lowest BCUT2D eigenvalue weighted by Gasteiger charge is -2.42. The highest BCUT2D eigenvalue weighted by Gasteiger charge is 2.26. The van der Waals surface area contributed by atoms with Crippen molar-refractivity contribution < 1.29 is 0 Å². The molecule has 0 unspecified atom stereocenters. The largest absolute Gasteiger partial charge is 0.306 e. The van der Waals surface area contributed by atoms with Crippen LogP contribution in [0.25, 0.3) is 10.9 Å². The fraction of sp³-hybridized carbons (Fsp3) is 0.500. The van der Waals surface area contributed by atoms with Gasteiger partial charge in [-0.15, -0.1) is 11.8 Å². The molecule has 0 spiro atoms. The highest BCUT2D eigenvalue weighted by atomic mass is 79.9. The highest BCUT2D eigenvalue weighted by molar-refractivity contribution is 9.10. The van der Waals surface area contributed by atoms with Crippen molar-refractivity contribution in [2.24, 2.45) is 0 Å². The minimum Gasteiger partial charge on any atom is -0.306 e. The second kappa shape index (κ2) is 12.2. The van der Waals surface area contributed by atoms with Crippen LogP contribution in [0, 0.1) is 0 Å². The molecular weight excluding hydrogens is 570 g/mol. The molecule has 0 atom stereocenters. The molecule has 0 bridgehead atoms. The van der Waals surface area contributed by atoms with E-state index < -0.39 is 0 Å². The molecule has 2 aliphatic rings. The maximum atomic E-state index is 13.4. The van der Waals surface area contributed by atoms with Gasteiger partial charge in [0.1, 0.15) is 0 Å². The van der Waals surface area contributed by atoms with Gasteiger partial charge in [0.2, 0.25) is 0 Å². The summed E-state index contributed by atoms with van der Waals surface area (Å²) in [6.07, 6.45) is 4.24. The van der Waals surface area contributed by atoms with Gasteiger partial charge in [-0.1, -0.05) is 34.5 Å². The number of fused-ring (bicyclic) bond motifs is 1. The van der Waals surface area contributed by atoms with Crippen LogP contribution < -0.4 is 5.56 Å². The quantitative estimate of drug-likeness (QED) is 0.346. The molecule has 2 fully saturated rings. The Kier molecular flexibility index (Phi) is 8.94. The van der Waals surface area contributed by atoms with Crippen molar-refractivity contribution in [2.75, 3.05) is 52.1 Å². The summed E-state index contributed by atoms with van der Waals surface area (Å²) in [6.45, 7) is 10.3. The van der Waals surface area contributed by atoms with Gasteiger partial charge in [0.05, 0.1) is 23.8 Å². The Balaban J connectivity index is 1.28. The van der Waals surface area contributed by atoms with Crippen molar-refractivity contribution >= 4 is 50.2 Å². The molecule has 198 valence electrons. The molecule has 0 amide bonds. The first-order valence-electron chi connectivity index (χ1n) is 13.1. The van der Waals surface area contributed by atoms with Crippen LogP contribution in [0.15, 0.2) is 50.8 Å². The van der Waals surface area contributed by atoms with Crippen LogP contribution in [-0.2, 0) is 13.1 Å². The number of hydrogen-bond donors (Lipinski definition) is 0. The second-order valence-corrected chi connectivity index (χ2v) is 12.8. The van der Waals surface area contributed by atoms with Gasteiger partial charge < -0.3 is 4.90 Å². The standard InChI is InChI=1S/C28H35BrClN5OS/c1-3-37-27-5-4-22(30)14-21(27)18-35-19-31-26-15-20(25(29)16-24(26)28(35)36)17-33-10-12-34(13-11-33)23-6-8-32(2)9-7-23/h4-5,14-16,19,23H,3,6-13,17-18H2,1-2H3. The Labute approximate surface area is 237 Å². The van der Waals surface area contributed by atoms with Crippen molar-refractivity contribution in [2.45, 2.75) is 43.8 Å². The fourth-order valence-electron chi connectivity index (χ4n) is 5.50. The Bertz CT molecular complexity index is 1300. The second-order valence-electron chi connectivity index (χ2n) is 10.2. The summed E-state index contributed by atoms with van der Waals surface area (Å²) >= 11 is 11.8. The predicted molar refractivity (Wildman–Crippen MR) is 158 cm³/mol. The van der Waals surface area contributed by atoms with Crippen LogP contribution in [0.1, 0.15) is 30.9 Å². The number of thioether (sulfide) groups is 1. The number of aromatic nitrogens is 2. The molecule has 5 rings (SSSR count). The van der Waals surface area contributed by atoms with E-state index in [1.807, 2.05) is 24.3 Å². The zero-order chi connectivity index (χ0) is 25.9. The van der Waals surface area contributed by atoms with Gasteiger partial charge in [-0.2, -0.15) is 0 Å². The molecule has 2 saturated heterocycles. The fourth-order valence-corrected chi connectivity index (χ4v) is 6.94. The van der Waals surface area contributed by atoms with E-state index in [-0.39, 0.29) is 5.56 Å². The number of rotatable bonds is 7. The Hall–Kier alpha value is -1.42. The summed E-state index contributed by atoms with van der Waals surface area (Å²) < 4.78 is 2.65. The van der Waals surface area contributed by atoms with Crippen molar-refractivity contribution in [3.8, 4) is 0 Å². The lowest BCUT2D eigenvalue weighted by molar-refractivity contribution is 0.0618. The van der Waals surface area contributed by atoms with E-state index in [1.165, 1.54) is 31.5 Å². The molecule has 37 heavy (non-hydrogen) atoms. The average Bonchev–Trinajstić information content (AvgIpc) is 2.89. The van der Waals surface area contributed by atoms with Gasteiger partial charge in [-0.3, -0.25) is 19.2 Å². The number of nitrogens with zero attached hydrogens (tertiary/aromatic N) is 5. The number of piperidine rings is 1. The van der Waals surface area contributed by atoms with Gasteiger partial charge in [-0.25, -0.2) is 4.98 Å². The van der Waals surface area contributed by atoms with Crippen molar-refractivity contribution in [1.82, 2.24) is 24.3 Å². The van der Waals surface area contributed by atoms with Crippen LogP contribution in [0.5, 0.6) is 0 Å². The third-order valence-corrected chi connectivity index (χ3v) is 9.63. The smallest absolute Gasteiger partial charge is 0.261 e. The topological polar surface area (TPSA) is 44.6 Å². The van der Waals surface area contributed by atoms with E-state index in [9.17, 15) is 4.79 Å². The van der Waals surface area contributed by atoms with E-state index in [0.29, 0.717) is 17.0 Å². The molecule has 0 saturated carbocycles. The van der Waals surface area contributed by atoms with Crippen LogP contribution in [0.2, 0.25) is 5.02 Å². The number of halogens is 2. The summed E-state index contributed by atoms with van der Waals surface area (Å²) in [5.41, 5.74) is 2.94. The molecule has 3 aromatic rings. The Morgan fingerprint density at radius 3 is 2.51 bits per heavy atom. The van der Waals surface area contributed by atoms with Crippen LogP contribution in [0.4, 0.5) is 0 Å². The van der Waals surface area contributed by atoms with Crippen LogP contribution >= 0.6 is 39.3 Å². The van der Waals surface area contributed by atoms with Crippen LogP contribution in [-0.4, -0.2) is 82.4 Å². The van der Waals surface area contributed by atoms with Gasteiger partial charge in [0.25, 0.3) is 5.56 Å². The average molecular weight is 605 g/mol. The van der Waals surface area contributed by atoms with Crippen molar-refractivity contribution in [3.63, 3.8) is 0 Å². The molecule has 0 aliphatic carbocycles. The molecule has 0 N–H and O–H groups in total. The number of benzene rings is 2. The highest BCUT2D eigenvalue weighted by Crippen LogP contribution is 2.27. The maximum Gasteiger partial charge on any atom is 0.261 e. The number of piperazine rings is 1. The van der Waals surface area contributed by atoms with E-state index >= 15 is 0 Å². The van der Waals surface area contributed by atoms with E-state index in [4.69, 9.17) is 11.6 Å². The lowest BCUT2D eigenvalue weighted by atomic mass is 10.0. The zero-order valence-electron chi connectivity index (χ0n) is 21.6. The molecule has 2 aliphatic heterocycles. The minimum atomic E-state index is -0.0311. The van der Waals surface area contributed by atoms with E-state index in [0.717, 1.165) is 65.0 Å². The van der Waals surface area contributed by atoms with Gasteiger partial charge in [-0.05, 0) is 80.2 Å². The van der Waals surface area contributed by atoms with Crippen molar-refractivity contribution in [3.05, 3.63) is 67.6 Å². The third kappa shape index (κ3) is 6.43. The van der Waals surface area contributed by atoms with Gasteiger partial charge >= 0.3 is 0 Å². The lowest BCUT2D eigenvalue weighted by Crippen LogP contribution is -2.52. The SMILES string of the molecule is CCSc1ccc(Cl)cc1Cn1cnc2cc(CN3CCN(C4CCN(C)CC4)CC3)c(Br)cc2c1=O. The van der Waals surface area contributed by atoms with E-state index in [2.05, 4.69) is 55.7 Å². The van der Waals surface area contributed by atoms with Gasteiger partial charge in [0, 0.05) is 53.2 Å². The van der Waals surface area contributed by atoms with Crippen molar-refractivity contribution in [1.29, 1.82) is 0 Å². The zero-order valence-corrected chi connectivity index (χ0v) is 24.8. The Morgan fingerprint density at radius 1 is 1.03 bits per heavy atom. The monoisotopic (exact) mass is 603 g/mol. The first-order valence-corrected chi connectivity index (χ1v) is 15.3. The molecule has 3 heterocycles. The first-order chi connectivity index (χ1) is 17.9. The summed E-state index contributed by atoms with van der Waals surface area (Å²) in [4.78, 5) is 26.9. The molecule has 2 aromatic carbocycles. The number of likely N-dealkylation sites (tertiary alicyclic amines) is 1. The molecule has 6 nitrogen and oxygen atoms in total. The minimum absolute atomic E-state index is 0.0311. The predicted octanol–water partition coefficient (Wildman–Crippen LogP) is 5.18. The normalized spacial score (nSPS) is 18.6. The number of hydrogen-bond acceptors (Lipinski definition) is 6. The first kappa shape index (κ1) is 27.2. The van der Waals surface area contributed by atoms with E-state index in [1.54, 1.807) is 22.7 Å². The molecule has 1 aromatic heterocycles. The summed E-state index contributed by atoms with van der Waals surface area (Å²) in [6, 6.07) is 10.6.